The number of unbranched alkanes of at least 4 members (excludes halogenated alkanes) is 2. The second-order valence-electron chi connectivity index (χ2n) is 4.53. The summed E-state index contributed by atoms with van der Waals surface area (Å²) in [6, 6.07) is 0. The molecule has 20 heavy (non-hydrogen) atoms. The molecular formula is C14H30NO5+. The van der Waals surface area contributed by atoms with E-state index in [1.54, 1.807) is 0 Å². The zero-order valence-corrected chi connectivity index (χ0v) is 13.0. The standard InChI is InChI=1S/C14H30NO5/c1-3-5-9-17-11-7-13-19-15(16)20-14-8-12-18-10-6-4-2/h3-14H2,1-2H3/q+1. The van der Waals surface area contributed by atoms with Crippen molar-refractivity contribution in [2.24, 2.45) is 0 Å². The van der Waals surface area contributed by atoms with Crippen LogP contribution >= 0.6 is 0 Å². The Morgan fingerprint density at radius 1 is 0.650 bits per heavy atom. The van der Waals surface area contributed by atoms with Crippen molar-refractivity contribution in [3.8, 4) is 0 Å². The maximum atomic E-state index is 11.1. The van der Waals surface area contributed by atoms with E-state index in [9.17, 15) is 4.91 Å². The monoisotopic (exact) mass is 292 g/mol. The van der Waals surface area contributed by atoms with Crippen LogP contribution in [-0.4, -0.2) is 44.7 Å². The van der Waals surface area contributed by atoms with E-state index in [0.717, 1.165) is 38.9 Å². The minimum atomic E-state index is 0.179. The van der Waals surface area contributed by atoms with E-state index < -0.39 is 0 Å². The molecule has 6 nitrogen and oxygen atoms in total. The second-order valence-corrected chi connectivity index (χ2v) is 4.53. The van der Waals surface area contributed by atoms with Gasteiger partial charge in [0.25, 0.3) is 0 Å². The highest BCUT2D eigenvalue weighted by Crippen LogP contribution is 1.93. The minimum absolute atomic E-state index is 0.179. The summed E-state index contributed by atoms with van der Waals surface area (Å²) >= 11 is 0. The first-order valence-electron chi connectivity index (χ1n) is 7.69. The summed E-state index contributed by atoms with van der Waals surface area (Å²) in [6.45, 7) is 7.61. The van der Waals surface area contributed by atoms with E-state index >= 15 is 0 Å². The predicted molar refractivity (Wildman–Crippen MR) is 76.2 cm³/mol. The molecule has 6 heteroatoms. The van der Waals surface area contributed by atoms with Crippen molar-refractivity contribution < 1.29 is 24.2 Å². The van der Waals surface area contributed by atoms with E-state index in [0.29, 0.717) is 39.3 Å². The lowest BCUT2D eigenvalue weighted by Gasteiger charge is -2.01. The van der Waals surface area contributed by atoms with Gasteiger partial charge in [-0.3, -0.25) is 0 Å². The van der Waals surface area contributed by atoms with Gasteiger partial charge in [0.05, 0.1) is 13.2 Å². The Labute approximate surface area is 122 Å². The molecule has 0 amide bonds. The molecule has 0 rings (SSSR count). The van der Waals surface area contributed by atoms with E-state index in [4.69, 9.17) is 19.1 Å². The van der Waals surface area contributed by atoms with E-state index in [2.05, 4.69) is 13.8 Å². The predicted octanol–water partition coefficient (Wildman–Crippen LogP) is 3.04. The lowest BCUT2D eigenvalue weighted by atomic mass is 10.4. The number of ether oxygens (including phenoxy) is 2. The van der Waals surface area contributed by atoms with Crippen molar-refractivity contribution in [2.75, 3.05) is 39.6 Å². The van der Waals surface area contributed by atoms with Crippen LogP contribution in [0.3, 0.4) is 0 Å². The fourth-order valence-corrected chi connectivity index (χ4v) is 1.33. The number of nitrogens with zero attached hydrogens (tertiary/aromatic N) is 1. The highest BCUT2D eigenvalue weighted by atomic mass is 17.0. The van der Waals surface area contributed by atoms with E-state index in [-0.39, 0.29) is 5.09 Å². The minimum Gasteiger partial charge on any atom is -0.381 e. The zero-order valence-electron chi connectivity index (χ0n) is 13.0. The van der Waals surface area contributed by atoms with Gasteiger partial charge in [-0.05, 0) is 12.8 Å². The molecule has 0 spiro atoms. The molecule has 0 aromatic heterocycles. The molecule has 0 heterocycles. The van der Waals surface area contributed by atoms with Crippen molar-refractivity contribution in [1.29, 1.82) is 0 Å². The number of hydrogen-bond acceptors (Lipinski definition) is 5. The molecule has 0 saturated carbocycles. The Kier molecular flexibility index (Phi) is 15.5. The van der Waals surface area contributed by atoms with Gasteiger partial charge in [0.1, 0.15) is 4.91 Å². The molecule has 0 atom stereocenters. The van der Waals surface area contributed by atoms with Gasteiger partial charge in [0, 0.05) is 26.1 Å². The average Bonchev–Trinajstić information content (AvgIpc) is 2.45. The summed E-state index contributed by atoms with van der Waals surface area (Å²) in [5.41, 5.74) is 0. The zero-order chi connectivity index (χ0) is 14.9. The van der Waals surface area contributed by atoms with Gasteiger partial charge >= 0.3 is 5.09 Å². The van der Waals surface area contributed by atoms with E-state index in [1.807, 2.05) is 0 Å². The first-order chi connectivity index (χ1) is 9.81. The SMILES string of the molecule is CCCCOCCCO[N+](=O)OCCCOCCCC. The average molecular weight is 292 g/mol. The molecule has 0 saturated heterocycles. The second kappa shape index (κ2) is 16.2. The van der Waals surface area contributed by atoms with Gasteiger partial charge in [-0.1, -0.05) is 26.7 Å². The molecule has 0 aliphatic heterocycles. The van der Waals surface area contributed by atoms with Crippen LogP contribution in [0.25, 0.3) is 0 Å². The summed E-state index contributed by atoms with van der Waals surface area (Å²) in [6.07, 6.45) is 5.76. The number of hydrogen-bond donors (Lipinski definition) is 0. The first-order valence-corrected chi connectivity index (χ1v) is 7.69. The van der Waals surface area contributed by atoms with Gasteiger partial charge in [0.2, 0.25) is 0 Å². The Balaban J connectivity index is 3.13. The van der Waals surface area contributed by atoms with Crippen LogP contribution in [0.4, 0.5) is 0 Å². The molecule has 120 valence electrons. The molecule has 0 aliphatic carbocycles. The van der Waals surface area contributed by atoms with Gasteiger partial charge in [-0.25, -0.2) is 0 Å². The Morgan fingerprint density at radius 3 is 1.45 bits per heavy atom. The summed E-state index contributed by atoms with van der Waals surface area (Å²) in [7, 11) is 0. The highest BCUT2D eigenvalue weighted by Gasteiger charge is 2.11. The lowest BCUT2D eigenvalue weighted by molar-refractivity contribution is -0.981. The van der Waals surface area contributed by atoms with Gasteiger partial charge < -0.3 is 9.47 Å². The topological polar surface area (TPSA) is 57.0 Å². The maximum Gasteiger partial charge on any atom is 0.477 e. The third kappa shape index (κ3) is 15.2. The molecule has 0 aromatic rings. The third-order valence-electron chi connectivity index (χ3n) is 2.54. The normalized spacial score (nSPS) is 10.5. The van der Waals surface area contributed by atoms with Crippen LogP contribution in [0.1, 0.15) is 52.4 Å². The van der Waals surface area contributed by atoms with Crippen LogP contribution < -0.4 is 0 Å². The van der Waals surface area contributed by atoms with Crippen molar-refractivity contribution in [2.45, 2.75) is 52.4 Å². The largest absolute Gasteiger partial charge is 0.477 e. The van der Waals surface area contributed by atoms with Crippen molar-refractivity contribution in [1.82, 2.24) is 0 Å². The van der Waals surface area contributed by atoms with Crippen molar-refractivity contribution in [3.63, 3.8) is 0 Å². The smallest absolute Gasteiger partial charge is 0.381 e. The Bertz CT molecular complexity index is 194. The Morgan fingerprint density at radius 2 is 1.05 bits per heavy atom. The molecular weight excluding hydrogens is 262 g/mol. The van der Waals surface area contributed by atoms with E-state index in [1.165, 1.54) is 0 Å². The maximum absolute atomic E-state index is 11.1. The fraction of sp³-hybridized carbons (Fsp3) is 1.00. The quantitative estimate of drug-likeness (QED) is 0.323. The third-order valence-corrected chi connectivity index (χ3v) is 2.54. The van der Waals surface area contributed by atoms with Crippen LogP contribution in [0.2, 0.25) is 0 Å². The lowest BCUT2D eigenvalue weighted by Crippen LogP contribution is -2.14. The van der Waals surface area contributed by atoms with Crippen molar-refractivity contribution in [3.05, 3.63) is 4.91 Å². The van der Waals surface area contributed by atoms with Crippen LogP contribution in [-0.2, 0) is 19.1 Å². The fourth-order valence-electron chi connectivity index (χ4n) is 1.33. The first kappa shape index (κ1) is 19.1. The molecule has 0 aliphatic rings. The highest BCUT2D eigenvalue weighted by molar-refractivity contribution is 4.35. The van der Waals surface area contributed by atoms with Crippen LogP contribution in [0, 0.1) is 4.91 Å². The summed E-state index contributed by atoms with van der Waals surface area (Å²) < 4.78 is 10.7. The molecule has 0 fully saturated rings. The summed E-state index contributed by atoms with van der Waals surface area (Å²) in [4.78, 5) is 20.8. The van der Waals surface area contributed by atoms with Gasteiger partial charge in [-0.2, -0.15) is 9.68 Å². The molecule has 0 N–H and O–H groups in total. The molecule has 0 unspecified atom stereocenters. The number of rotatable bonds is 16. The molecule has 0 aromatic carbocycles. The van der Waals surface area contributed by atoms with Gasteiger partial charge in [-0.15, -0.1) is 0 Å². The Hall–Kier alpha value is -0.880. The van der Waals surface area contributed by atoms with Gasteiger partial charge in [0.15, 0.2) is 13.2 Å². The van der Waals surface area contributed by atoms with Crippen molar-refractivity contribution >= 4 is 0 Å². The van der Waals surface area contributed by atoms with Crippen LogP contribution in [0.5, 0.6) is 0 Å². The van der Waals surface area contributed by atoms with Crippen LogP contribution in [0.15, 0.2) is 0 Å². The summed E-state index contributed by atoms with van der Waals surface area (Å²) in [5, 5.41) is 0.179. The molecule has 0 radical (unpaired) electrons. The molecule has 0 bridgehead atoms. The summed E-state index contributed by atoms with van der Waals surface area (Å²) in [5.74, 6) is 0.